The maximum Gasteiger partial charge on any atom is 0.416 e. The number of nitrogens with zero attached hydrogens (tertiary/aromatic N) is 3. The van der Waals surface area contributed by atoms with Crippen molar-refractivity contribution in [2.75, 3.05) is 26.2 Å². The van der Waals surface area contributed by atoms with E-state index in [1.807, 2.05) is 18.3 Å². The largest absolute Gasteiger partial charge is 0.416 e. The average Bonchev–Trinajstić information content (AvgIpc) is 2.87. The van der Waals surface area contributed by atoms with Crippen LogP contribution in [0.25, 0.3) is 0 Å². The minimum atomic E-state index is -4.39. The number of carbonyl (C=O) groups is 1. The number of carbonyl (C=O) groups excluding carboxylic acids is 1. The van der Waals surface area contributed by atoms with Crippen LogP contribution in [-0.4, -0.2) is 46.9 Å². The zero-order valence-electron chi connectivity index (χ0n) is 14.2. The Morgan fingerprint density at radius 1 is 1.04 bits per heavy atom. The normalized spacial score (nSPS) is 16.3. The van der Waals surface area contributed by atoms with Gasteiger partial charge in [0.25, 0.3) is 5.91 Å². The Hall–Kier alpha value is -2.41. The van der Waals surface area contributed by atoms with Gasteiger partial charge < -0.3 is 4.90 Å². The fourth-order valence-corrected chi connectivity index (χ4v) is 3.07. The standard InChI is InChI=1S/C19H20F3N3O/c20-19(21,22)17-6-4-16(5-7-17)18(26)25-10-2-9-24(11-12-25)14-15-3-1-8-23-13-15/h1,3-8,13H,2,9-12,14H2. The number of amides is 1. The monoisotopic (exact) mass is 363 g/mol. The summed E-state index contributed by atoms with van der Waals surface area (Å²) in [5.41, 5.74) is 0.668. The number of pyridine rings is 1. The molecule has 1 aromatic carbocycles. The van der Waals surface area contributed by atoms with Gasteiger partial charge in [-0.1, -0.05) is 6.07 Å². The Morgan fingerprint density at radius 3 is 2.46 bits per heavy atom. The molecule has 0 unspecified atom stereocenters. The quantitative estimate of drug-likeness (QED) is 0.838. The highest BCUT2D eigenvalue weighted by Gasteiger charge is 2.30. The minimum absolute atomic E-state index is 0.220. The van der Waals surface area contributed by atoms with E-state index in [1.54, 1.807) is 11.1 Å². The van der Waals surface area contributed by atoms with Crippen LogP contribution in [0, 0.1) is 0 Å². The lowest BCUT2D eigenvalue weighted by atomic mass is 10.1. The summed E-state index contributed by atoms with van der Waals surface area (Å²) in [4.78, 5) is 20.7. The molecule has 2 heterocycles. The van der Waals surface area contributed by atoms with Crippen LogP contribution in [0.1, 0.15) is 27.9 Å². The Balaban J connectivity index is 1.60. The van der Waals surface area contributed by atoms with Gasteiger partial charge in [0.15, 0.2) is 0 Å². The lowest BCUT2D eigenvalue weighted by molar-refractivity contribution is -0.137. The predicted octanol–water partition coefficient (Wildman–Crippen LogP) is 3.45. The van der Waals surface area contributed by atoms with E-state index >= 15 is 0 Å². The van der Waals surface area contributed by atoms with Crippen LogP contribution in [0.4, 0.5) is 13.2 Å². The number of aromatic nitrogens is 1. The van der Waals surface area contributed by atoms with E-state index in [4.69, 9.17) is 0 Å². The van der Waals surface area contributed by atoms with Gasteiger partial charge in [-0.25, -0.2) is 0 Å². The molecule has 0 radical (unpaired) electrons. The second-order valence-electron chi connectivity index (χ2n) is 6.36. The molecule has 7 heteroatoms. The predicted molar refractivity (Wildman–Crippen MR) is 91.5 cm³/mol. The highest BCUT2D eigenvalue weighted by molar-refractivity contribution is 5.94. The molecule has 26 heavy (non-hydrogen) atoms. The molecule has 3 rings (SSSR count). The van der Waals surface area contributed by atoms with E-state index < -0.39 is 11.7 Å². The van der Waals surface area contributed by atoms with Gasteiger partial charge in [-0.05, 0) is 42.3 Å². The molecule has 0 saturated carbocycles. The van der Waals surface area contributed by atoms with Gasteiger partial charge in [-0.15, -0.1) is 0 Å². The smallest absolute Gasteiger partial charge is 0.337 e. The highest BCUT2D eigenvalue weighted by Crippen LogP contribution is 2.29. The van der Waals surface area contributed by atoms with Crippen molar-refractivity contribution in [3.8, 4) is 0 Å². The van der Waals surface area contributed by atoms with Gasteiger partial charge >= 0.3 is 6.18 Å². The number of rotatable bonds is 3. The first kappa shape index (κ1) is 18.4. The molecule has 0 aliphatic carbocycles. The zero-order chi connectivity index (χ0) is 18.6. The van der Waals surface area contributed by atoms with Crippen LogP contribution in [0.3, 0.4) is 0 Å². The van der Waals surface area contributed by atoms with E-state index in [2.05, 4.69) is 9.88 Å². The van der Waals surface area contributed by atoms with E-state index in [0.717, 1.165) is 43.8 Å². The first-order chi connectivity index (χ1) is 12.4. The maximum atomic E-state index is 12.6. The molecule has 0 atom stereocenters. The van der Waals surface area contributed by atoms with Crippen molar-refractivity contribution in [2.45, 2.75) is 19.1 Å². The number of alkyl halides is 3. The molecule has 1 aromatic heterocycles. The molecule has 138 valence electrons. The van der Waals surface area contributed by atoms with Crippen LogP contribution < -0.4 is 0 Å². The molecule has 1 aliphatic heterocycles. The first-order valence-corrected chi connectivity index (χ1v) is 8.51. The molecule has 0 spiro atoms. The molecular formula is C19H20F3N3O. The zero-order valence-corrected chi connectivity index (χ0v) is 14.2. The summed E-state index contributed by atoms with van der Waals surface area (Å²) >= 11 is 0. The Bertz CT molecular complexity index is 732. The van der Waals surface area contributed by atoms with Crippen LogP contribution in [0.5, 0.6) is 0 Å². The summed E-state index contributed by atoms with van der Waals surface area (Å²) in [5.74, 6) is -0.220. The van der Waals surface area contributed by atoms with E-state index in [-0.39, 0.29) is 5.91 Å². The van der Waals surface area contributed by atoms with Gasteiger partial charge in [-0.2, -0.15) is 13.2 Å². The third-order valence-corrected chi connectivity index (χ3v) is 4.46. The van der Waals surface area contributed by atoms with Crippen LogP contribution >= 0.6 is 0 Å². The van der Waals surface area contributed by atoms with Crippen molar-refractivity contribution in [3.63, 3.8) is 0 Å². The van der Waals surface area contributed by atoms with E-state index in [1.165, 1.54) is 12.1 Å². The lowest BCUT2D eigenvalue weighted by Crippen LogP contribution is -2.35. The molecule has 2 aromatic rings. The van der Waals surface area contributed by atoms with Gasteiger partial charge in [-0.3, -0.25) is 14.7 Å². The second-order valence-corrected chi connectivity index (χ2v) is 6.36. The van der Waals surface area contributed by atoms with Crippen LogP contribution in [0.15, 0.2) is 48.8 Å². The summed E-state index contributed by atoms with van der Waals surface area (Å²) in [6.45, 7) is 3.52. The van der Waals surface area contributed by atoms with Crippen LogP contribution in [-0.2, 0) is 12.7 Å². The van der Waals surface area contributed by atoms with Crippen molar-refractivity contribution < 1.29 is 18.0 Å². The van der Waals surface area contributed by atoms with Crippen LogP contribution in [0.2, 0.25) is 0 Å². The van der Waals surface area contributed by atoms with Crippen molar-refractivity contribution in [1.29, 1.82) is 0 Å². The van der Waals surface area contributed by atoms with Gasteiger partial charge in [0, 0.05) is 50.7 Å². The third kappa shape index (κ3) is 4.60. The van der Waals surface area contributed by atoms with Crippen molar-refractivity contribution >= 4 is 5.91 Å². The molecule has 1 aliphatic rings. The Labute approximate surface area is 150 Å². The molecule has 0 bridgehead atoms. The van der Waals surface area contributed by atoms with Gasteiger partial charge in [0.05, 0.1) is 5.56 Å². The third-order valence-electron chi connectivity index (χ3n) is 4.46. The summed E-state index contributed by atoms with van der Waals surface area (Å²) in [5, 5.41) is 0. The number of hydrogen-bond acceptors (Lipinski definition) is 3. The van der Waals surface area contributed by atoms with Gasteiger partial charge in [0.1, 0.15) is 0 Å². The average molecular weight is 363 g/mol. The molecule has 1 fully saturated rings. The summed E-state index contributed by atoms with van der Waals surface area (Å²) < 4.78 is 37.9. The first-order valence-electron chi connectivity index (χ1n) is 8.51. The molecule has 4 nitrogen and oxygen atoms in total. The maximum absolute atomic E-state index is 12.6. The van der Waals surface area contributed by atoms with E-state index in [0.29, 0.717) is 18.7 Å². The Kier molecular flexibility index (Phi) is 5.56. The lowest BCUT2D eigenvalue weighted by Gasteiger charge is -2.22. The number of benzene rings is 1. The van der Waals surface area contributed by atoms with E-state index in [9.17, 15) is 18.0 Å². The Morgan fingerprint density at radius 2 is 1.81 bits per heavy atom. The fourth-order valence-electron chi connectivity index (χ4n) is 3.07. The van der Waals surface area contributed by atoms with Crippen molar-refractivity contribution in [1.82, 2.24) is 14.8 Å². The fraction of sp³-hybridized carbons (Fsp3) is 0.368. The van der Waals surface area contributed by atoms with Crippen molar-refractivity contribution in [2.24, 2.45) is 0 Å². The van der Waals surface area contributed by atoms with Gasteiger partial charge in [0.2, 0.25) is 0 Å². The molecule has 0 N–H and O–H groups in total. The SMILES string of the molecule is O=C(c1ccc(C(F)(F)F)cc1)N1CCCN(Cc2cccnc2)CC1. The molecule has 1 amide bonds. The second kappa shape index (κ2) is 7.86. The molecular weight excluding hydrogens is 343 g/mol. The minimum Gasteiger partial charge on any atom is -0.337 e. The summed E-state index contributed by atoms with van der Waals surface area (Å²) in [6.07, 6.45) is -0.00395. The number of halogens is 3. The summed E-state index contributed by atoms with van der Waals surface area (Å²) in [7, 11) is 0. The highest BCUT2D eigenvalue weighted by atomic mass is 19.4. The number of hydrogen-bond donors (Lipinski definition) is 0. The summed E-state index contributed by atoms with van der Waals surface area (Å²) in [6, 6.07) is 8.34. The molecule has 1 saturated heterocycles. The topological polar surface area (TPSA) is 36.4 Å². The van der Waals surface area contributed by atoms with Crippen molar-refractivity contribution in [3.05, 3.63) is 65.5 Å².